The second-order valence-corrected chi connectivity index (χ2v) is 1.50. The Balaban J connectivity index is 0. The van der Waals surface area contributed by atoms with Gasteiger partial charge in [-0.2, -0.15) is 0 Å². The standard InChI is InChI=1S/C4H9FO.Rf/c1-3-4(2,5)6;/h6H,3H2,1-2H3;. The molecular weight excluding hydrogens is 350 g/mol. The van der Waals surface area contributed by atoms with Crippen molar-refractivity contribution in [2.24, 2.45) is 0 Å². The van der Waals surface area contributed by atoms with Crippen molar-refractivity contribution in [2.45, 2.75) is 26.1 Å². The second-order valence-electron chi connectivity index (χ2n) is 1.50. The largest absolute Gasteiger partial charge is 0.362 e. The van der Waals surface area contributed by atoms with Gasteiger partial charge in [0.15, 0.2) is 0 Å². The molecule has 7 heavy (non-hydrogen) atoms. The summed E-state index contributed by atoms with van der Waals surface area (Å²) in [6, 6.07) is 0. The van der Waals surface area contributed by atoms with Crippen LogP contribution in [0.15, 0.2) is 0 Å². The molecule has 0 radical (unpaired) electrons. The molecule has 0 rings (SSSR count). The summed E-state index contributed by atoms with van der Waals surface area (Å²) in [4.78, 5) is 0. The van der Waals surface area contributed by atoms with Crippen molar-refractivity contribution in [1.82, 2.24) is 0 Å². The van der Waals surface area contributed by atoms with Crippen molar-refractivity contribution in [3.8, 4) is 0 Å². The molecule has 1 unspecified atom stereocenters. The van der Waals surface area contributed by atoms with Gasteiger partial charge >= 0.3 is 0 Å². The summed E-state index contributed by atoms with van der Waals surface area (Å²) >= 11 is 0. The summed E-state index contributed by atoms with van der Waals surface area (Å²) in [7, 11) is 0. The summed E-state index contributed by atoms with van der Waals surface area (Å²) in [6.45, 7) is 2.72. The van der Waals surface area contributed by atoms with Crippen LogP contribution in [0.2, 0.25) is 0 Å². The molecular formula is C4H9FORf. The molecule has 0 aliphatic carbocycles. The van der Waals surface area contributed by atoms with Crippen molar-refractivity contribution in [3.63, 3.8) is 0 Å². The van der Waals surface area contributed by atoms with Crippen molar-refractivity contribution in [1.29, 1.82) is 0 Å². The average molecular weight is 359 g/mol. The van der Waals surface area contributed by atoms with E-state index in [0.29, 0.717) is 0 Å². The molecule has 0 saturated heterocycles. The number of alkyl halides is 1. The van der Waals surface area contributed by atoms with Crippen LogP contribution in [-0.4, -0.2) is 11.0 Å². The minimum Gasteiger partial charge on any atom is -0.362 e. The van der Waals surface area contributed by atoms with Crippen molar-refractivity contribution in [3.05, 3.63) is 0 Å². The van der Waals surface area contributed by atoms with Crippen LogP contribution in [0.3, 0.4) is 0 Å². The predicted octanol–water partition coefficient (Wildman–Crippen LogP) is 1.07. The molecule has 0 saturated carbocycles. The van der Waals surface area contributed by atoms with Crippen LogP contribution >= 0.6 is 0 Å². The number of hydrogen-bond acceptors (Lipinski definition) is 1. The van der Waals surface area contributed by atoms with E-state index in [-0.39, 0.29) is 6.42 Å². The first-order valence-electron chi connectivity index (χ1n) is 1.97. The third-order valence-corrected chi connectivity index (χ3v) is 0.645. The Morgan fingerprint density at radius 1 is 1.71 bits per heavy atom. The van der Waals surface area contributed by atoms with Gasteiger partial charge in [0.05, 0.1) is 0 Å². The molecule has 0 heterocycles. The number of hydrogen-bond donors (Lipinski definition) is 1. The van der Waals surface area contributed by atoms with Crippen LogP contribution in [0.4, 0.5) is 4.39 Å². The van der Waals surface area contributed by atoms with Crippen LogP contribution in [-0.2, 0) is 0 Å². The number of halogens is 1. The Labute approximate surface area is 36.8 Å². The molecule has 40 valence electrons. The molecule has 0 bridgehead atoms. The molecule has 0 aliphatic rings. The fourth-order valence-electron chi connectivity index (χ4n) is 0. The number of aliphatic hydroxyl groups is 1. The fraction of sp³-hybridized carbons (Fsp3) is 1.00. The van der Waals surface area contributed by atoms with Crippen LogP contribution in [0, 0.1) is 0 Å². The predicted molar refractivity (Wildman–Crippen MR) is 22.0 cm³/mol. The van der Waals surface area contributed by atoms with E-state index in [1.807, 2.05) is 0 Å². The molecule has 0 aliphatic heterocycles. The zero-order chi connectivity index (χ0) is 5.21. The zero-order valence-corrected chi connectivity index (χ0v) is 11.1. The Bertz CT molecular complexity index is 41.4. The van der Waals surface area contributed by atoms with Gasteiger partial charge in [-0.1, -0.05) is 6.92 Å². The molecule has 3 heteroatoms. The maximum absolute atomic E-state index is 11.7. The van der Waals surface area contributed by atoms with Gasteiger partial charge in [-0.15, -0.1) is 0 Å². The fourth-order valence-corrected chi connectivity index (χ4v) is 0. The minimum atomic E-state index is -1.96. The van der Waals surface area contributed by atoms with E-state index < -0.39 is 5.85 Å². The third-order valence-electron chi connectivity index (χ3n) is 0.645. The first-order chi connectivity index (χ1) is 2.56. The molecule has 0 amide bonds. The monoisotopic (exact) mass is 359 g/mol. The van der Waals surface area contributed by atoms with Crippen LogP contribution in [0.5, 0.6) is 0 Å². The summed E-state index contributed by atoms with van der Waals surface area (Å²) in [5, 5.41) is 8.16. The summed E-state index contributed by atoms with van der Waals surface area (Å²) in [5.74, 6) is -1.96. The summed E-state index contributed by atoms with van der Waals surface area (Å²) < 4.78 is 11.7. The minimum absolute atomic E-state index is 0. The molecule has 0 spiro atoms. The molecule has 0 aromatic rings. The van der Waals surface area contributed by atoms with Gasteiger partial charge in [-0.3, -0.25) is 0 Å². The van der Waals surface area contributed by atoms with Gasteiger partial charge in [0.2, 0.25) is 5.85 Å². The van der Waals surface area contributed by atoms with E-state index in [1.54, 1.807) is 6.92 Å². The van der Waals surface area contributed by atoms with Crippen molar-refractivity contribution in [2.75, 3.05) is 0 Å². The quantitative estimate of drug-likeness (QED) is 0.743. The maximum Gasteiger partial charge on any atom is 0.203 e. The first-order valence-corrected chi connectivity index (χ1v) is 1.97. The van der Waals surface area contributed by atoms with E-state index in [0.717, 1.165) is 6.92 Å². The first kappa shape index (κ1) is 9.31. The molecule has 1 atom stereocenters. The van der Waals surface area contributed by atoms with Gasteiger partial charge in [0.25, 0.3) is 0 Å². The number of rotatable bonds is 1. The van der Waals surface area contributed by atoms with E-state index >= 15 is 0 Å². The third kappa shape index (κ3) is 11.4. The molecule has 0 fully saturated rings. The smallest absolute Gasteiger partial charge is 0.203 e. The maximum atomic E-state index is 11.7. The normalized spacial score (nSPS) is 17.1. The molecule has 0 aromatic heterocycles. The van der Waals surface area contributed by atoms with Crippen molar-refractivity contribution < 1.29 is 9.50 Å². The average Bonchev–Trinajstić information content (AvgIpc) is 1.35. The Kier molecular flexibility index (Phi) is 2.84. The zero-order valence-electron chi connectivity index (χ0n) is 4.74. The summed E-state index contributed by atoms with van der Waals surface area (Å²) in [5.41, 5.74) is 0. The molecule has 1 nitrogen and oxygen atoms in total. The summed E-state index contributed by atoms with van der Waals surface area (Å²) in [6.07, 6.45) is 0.160. The van der Waals surface area contributed by atoms with Crippen LogP contribution in [0.1, 0.15) is 20.3 Å². The Hall–Kier alpha value is -1.11. The van der Waals surface area contributed by atoms with E-state index in [9.17, 15) is 4.39 Å². The SMILES string of the molecule is CCC(C)(O)F.[Rf]. The van der Waals surface area contributed by atoms with E-state index in [2.05, 4.69) is 0 Å². The van der Waals surface area contributed by atoms with Crippen LogP contribution in [0.25, 0.3) is 0 Å². The van der Waals surface area contributed by atoms with Crippen molar-refractivity contribution >= 4 is 0 Å². The van der Waals surface area contributed by atoms with Gasteiger partial charge < -0.3 is 5.11 Å². The van der Waals surface area contributed by atoms with Gasteiger partial charge in [-0.05, 0) is 6.92 Å². The van der Waals surface area contributed by atoms with Gasteiger partial charge in [0, 0.05) is 6.42 Å². The molecule has 0 aromatic carbocycles. The molecule has 1 N–H and O–H groups in total. The Morgan fingerprint density at radius 2 is 1.86 bits per heavy atom. The van der Waals surface area contributed by atoms with Crippen LogP contribution < -0.4 is 0 Å². The van der Waals surface area contributed by atoms with Gasteiger partial charge in [-0.25, -0.2) is 4.39 Å². The topological polar surface area (TPSA) is 20.2 Å². The second kappa shape index (κ2) is 2.13. The Morgan fingerprint density at radius 3 is 1.86 bits per heavy atom. The van der Waals surface area contributed by atoms with E-state index in [4.69, 9.17) is 5.11 Å². The van der Waals surface area contributed by atoms with Gasteiger partial charge in [0.1, 0.15) is 0 Å². The van der Waals surface area contributed by atoms with E-state index in [1.165, 1.54) is 0 Å².